The zero-order valence-corrected chi connectivity index (χ0v) is 5.22. The summed E-state index contributed by atoms with van der Waals surface area (Å²) in [5.74, 6) is 0.986. The van der Waals surface area contributed by atoms with Crippen LogP contribution >= 0.6 is 0 Å². The van der Waals surface area contributed by atoms with Gasteiger partial charge in [0.15, 0.2) is 0 Å². The maximum absolute atomic E-state index is 3.37. The molecule has 2 nitrogen and oxygen atoms in total. The van der Waals surface area contributed by atoms with Crippen LogP contribution in [0.25, 0.3) is 0 Å². The number of likely N-dealkylation sites (N-methyl/N-ethyl adjacent to an activating group) is 1. The topological polar surface area (TPSA) is 15.3 Å². The Morgan fingerprint density at radius 2 is 2.38 bits per heavy atom. The average molecular weight is 111 g/mol. The van der Waals surface area contributed by atoms with Gasteiger partial charge in [-0.15, -0.1) is 0 Å². The molecular weight excluding hydrogens is 99.1 g/mol. The van der Waals surface area contributed by atoms with Gasteiger partial charge in [0, 0.05) is 31.6 Å². The Labute approximate surface area is 49.9 Å². The molecular formula is C6H12N2. The van der Waals surface area contributed by atoms with Crippen molar-refractivity contribution in [3.63, 3.8) is 0 Å². The number of hydrogen-bond acceptors (Lipinski definition) is 2. The van der Waals surface area contributed by atoms with E-state index < -0.39 is 0 Å². The van der Waals surface area contributed by atoms with E-state index in [4.69, 9.17) is 0 Å². The number of nitrogens with zero attached hydrogens (tertiary/aromatic N) is 1. The maximum Gasteiger partial charge on any atom is 0.0270 e. The maximum atomic E-state index is 3.37. The standard InChI is InChI=1S/C6H12N2/c1-8-4-5-2-7-3-6(5)8/h5-7H,2-4H2,1H3/t5-,6-/m1/s1/i1-1. The molecule has 46 valence electrons. The van der Waals surface area contributed by atoms with Crippen molar-refractivity contribution in [3.8, 4) is 0 Å². The lowest BCUT2D eigenvalue weighted by atomic mass is 9.90. The molecule has 2 saturated heterocycles. The Morgan fingerprint density at radius 3 is 2.88 bits per heavy atom. The Bertz CT molecular complexity index is 103. The van der Waals surface area contributed by atoms with E-state index in [0.29, 0.717) is 0 Å². The minimum Gasteiger partial charge on any atom is -0.315 e. The summed E-state index contributed by atoms with van der Waals surface area (Å²) in [6.07, 6.45) is 0. The van der Waals surface area contributed by atoms with Crippen LogP contribution in [0.15, 0.2) is 0 Å². The van der Waals surface area contributed by atoms with Crippen LogP contribution in [0.5, 0.6) is 0 Å². The van der Waals surface area contributed by atoms with Gasteiger partial charge in [-0.1, -0.05) is 0 Å². The monoisotopic (exact) mass is 111 g/mol. The van der Waals surface area contributed by atoms with Crippen LogP contribution in [0.2, 0.25) is 0 Å². The lowest BCUT2D eigenvalue weighted by Gasteiger charge is -2.40. The highest BCUT2D eigenvalue weighted by Crippen LogP contribution is 2.24. The molecule has 2 rings (SSSR count). The molecule has 0 amide bonds. The second kappa shape index (κ2) is 1.45. The summed E-state index contributed by atoms with van der Waals surface area (Å²) < 4.78 is 0. The van der Waals surface area contributed by atoms with Crippen LogP contribution in [0, 0.1) is 5.92 Å². The molecule has 0 aromatic heterocycles. The van der Waals surface area contributed by atoms with Crippen molar-refractivity contribution in [2.75, 3.05) is 26.7 Å². The molecule has 2 atom stereocenters. The van der Waals surface area contributed by atoms with Crippen molar-refractivity contribution in [2.24, 2.45) is 5.92 Å². The molecule has 0 aromatic carbocycles. The highest BCUT2D eigenvalue weighted by atomic mass is 15.2. The number of hydrogen-bond donors (Lipinski definition) is 1. The van der Waals surface area contributed by atoms with E-state index >= 15 is 0 Å². The Hall–Kier alpha value is -0.0800. The highest BCUT2D eigenvalue weighted by molar-refractivity contribution is 4.96. The fourth-order valence-corrected chi connectivity index (χ4v) is 1.79. The fraction of sp³-hybridized carbons (Fsp3) is 1.00. The SMILES string of the molecule is [11CH3]N1C[C@H]2CNC[C@H]21. The smallest absolute Gasteiger partial charge is 0.0270 e. The zero-order chi connectivity index (χ0) is 5.56. The lowest BCUT2D eigenvalue weighted by Crippen LogP contribution is -2.52. The van der Waals surface area contributed by atoms with Gasteiger partial charge in [0.05, 0.1) is 0 Å². The fourth-order valence-electron chi connectivity index (χ4n) is 1.79. The van der Waals surface area contributed by atoms with Gasteiger partial charge < -0.3 is 10.2 Å². The first kappa shape index (κ1) is 4.77. The molecule has 0 bridgehead atoms. The minimum atomic E-state index is 0.884. The van der Waals surface area contributed by atoms with Crippen LogP contribution in [0.4, 0.5) is 0 Å². The first-order chi connectivity index (χ1) is 3.88. The van der Waals surface area contributed by atoms with Crippen molar-refractivity contribution in [1.82, 2.24) is 10.2 Å². The van der Waals surface area contributed by atoms with E-state index in [9.17, 15) is 0 Å². The quantitative estimate of drug-likeness (QED) is 0.454. The third-order valence-electron chi connectivity index (χ3n) is 2.39. The van der Waals surface area contributed by atoms with Gasteiger partial charge in [0.1, 0.15) is 0 Å². The largest absolute Gasteiger partial charge is 0.315 e. The molecule has 1 N–H and O–H groups in total. The number of likely N-dealkylation sites (tertiary alicyclic amines) is 1. The van der Waals surface area contributed by atoms with Crippen LogP contribution < -0.4 is 5.32 Å². The highest BCUT2D eigenvalue weighted by Gasteiger charge is 2.39. The van der Waals surface area contributed by atoms with E-state index in [1.54, 1.807) is 0 Å². The third kappa shape index (κ3) is 0.446. The number of fused-ring (bicyclic) bond motifs is 1. The Kier molecular flexibility index (Phi) is 0.866. The van der Waals surface area contributed by atoms with Gasteiger partial charge >= 0.3 is 0 Å². The first-order valence-corrected chi connectivity index (χ1v) is 3.29. The van der Waals surface area contributed by atoms with Crippen molar-refractivity contribution in [3.05, 3.63) is 0 Å². The Morgan fingerprint density at radius 1 is 1.50 bits per heavy atom. The molecule has 2 heterocycles. The second-order valence-corrected chi connectivity index (χ2v) is 2.93. The van der Waals surface area contributed by atoms with Crippen LogP contribution in [-0.2, 0) is 0 Å². The summed E-state index contributed by atoms with van der Waals surface area (Å²) >= 11 is 0. The normalized spacial score (nSPS) is 46.1. The molecule has 8 heavy (non-hydrogen) atoms. The molecule has 0 aliphatic carbocycles. The van der Waals surface area contributed by atoms with Crippen molar-refractivity contribution >= 4 is 0 Å². The molecule has 2 aliphatic heterocycles. The van der Waals surface area contributed by atoms with Crippen LogP contribution in [0.1, 0.15) is 0 Å². The first-order valence-electron chi connectivity index (χ1n) is 3.29. The summed E-state index contributed by atoms with van der Waals surface area (Å²) in [5.41, 5.74) is 0. The van der Waals surface area contributed by atoms with Gasteiger partial charge in [-0.3, -0.25) is 0 Å². The molecule has 2 heteroatoms. The number of rotatable bonds is 0. The van der Waals surface area contributed by atoms with E-state index in [-0.39, 0.29) is 0 Å². The molecule has 0 aromatic rings. The van der Waals surface area contributed by atoms with Crippen LogP contribution in [0.3, 0.4) is 0 Å². The predicted octanol–water partition coefficient (Wildman–Crippen LogP) is -0.480. The van der Waals surface area contributed by atoms with Gasteiger partial charge in [-0.05, 0) is 7.05 Å². The van der Waals surface area contributed by atoms with E-state index in [1.165, 1.54) is 19.6 Å². The van der Waals surface area contributed by atoms with E-state index in [0.717, 1.165) is 12.0 Å². The summed E-state index contributed by atoms with van der Waals surface area (Å²) in [5, 5.41) is 3.37. The van der Waals surface area contributed by atoms with Gasteiger partial charge in [-0.25, -0.2) is 0 Å². The molecule has 0 unspecified atom stereocenters. The average Bonchev–Trinajstić information content (AvgIpc) is 2.09. The predicted molar refractivity (Wildman–Crippen MR) is 32.8 cm³/mol. The van der Waals surface area contributed by atoms with Crippen LogP contribution in [-0.4, -0.2) is 37.6 Å². The van der Waals surface area contributed by atoms with Gasteiger partial charge in [0.25, 0.3) is 0 Å². The van der Waals surface area contributed by atoms with Crippen molar-refractivity contribution < 1.29 is 0 Å². The van der Waals surface area contributed by atoms with Crippen molar-refractivity contribution in [2.45, 2.75) is 6.04 Å². The van der Waals surface area contributed by atoms with E-state index in [1.807, 2.05) is 0 Å². The molecule has 0 spiro atoms. The molecule has 0 radical (unpaired) electrons. The Balaban J connectivity index is 2.02. The van der Waals surface area contributed by atoms with Crippen molar-refractivity contribution in [1.29, 1.82) is 0 Å². The third-order valence-corrected chi connectivity index (χ3v) is 2.39. The van der Waals surface area contributed by atoms with E-state index in [2.05, 4.69) is 17.3 Å². The summed E-state index contributed by atoms with van der Waals surface area (Å²) in [7, 11) is 2.20. The van der Waals surface area contributed by atoms with Gasteiger partial charge in [-0.2, -0.15) is 0 Å². The lowest BCUT2D eigenvalue weighted by molar-refractivity contribution is 0.0827. The zero-order valence-electron chi connectivity index (χ0n) is 5.22. The number of nitrogens with one attached hydrogen (secondary N) is 1. The minimum absolute atomic E-state index is 0.884. The molecule has 0 saturated carbocycles. The molecule has 2 fully saturated rings. The summed E-state index contributed by atoms with van der Waals surface area (Å²) in [4.78, 5) is 2.42. The second-order valence-electron chi connectivity index (χ2n) is 2.93. The summed E-state index contributed by atoms with van der Waals surface area (Å²) in [6, 6.07) is 0.884. The molecule has 2 aliphatic rings. The summed E-state index contributed by atoms with van der Waals surface area (Å²) in [6.45, 7) is 3.80. The van der Waals surface area contributed by atoms with Gasteiger partial charge in [0.2, 0.25) is 0 Å².